The molecule has 1 aliphatic carbocycles. The molecular weight excluding hydrogens is 488 g/mol. The molecule has 5 atom stereocenters. The molecule has 1 saturated carbocycles. The van der Waals surface area contributed by atoms with E-state index in [1.54, 1.807) is 14.0 Å². The molecule has 2 aliphatic rings. The van der Waals surface area contributed by atoms with Crippen molar-refractivity contribution < 1.29 is 23.4 Å². The van der Waals surface area contributed by atoms with Gasteiger partial charge in [0, 0.05) is 38.9 Å². The monoisotopic (exact) mass is 534 g/mol. The van der Waals surface area contributed by atoms with Gasteiger partial charge in [-0.2, -0.15) is 0 Å². The summed E-state index contributed by atoms with van der Waals surface area (Å²) in [4.78, 5) is 11.5. The number of benzene rings is 1. The molecule has 1 aromatic rings. The molecule has 1 saturated heterocycles. The first-order valence-corrected chi connectivity index (χ1v) is 18.0. The van der Waals surface area contributed by atoms with Crippen LogP contribution in [0.3, 0.4) is 0 Å². The van der Waals surface area contributed by atoms with E-state index < -0.39 is 8.32 Å². The Morgan fingerprint density at radius 1 is 1.19 bits per heavy atom. The van der Waals surface area contributed by atoms with E-state index in [2.05, 4.69) is 56.1 Å². The van der Waals surface area contributed by atoms with Crippen molar-refractivity contribution in [2.45, 2.75) is 96.6 Å². The third-order valence-corrected chi connectivity index (χ3v) is 8.71. The van der Waals surface area contributed by atoms with Crippen molar-refractivity contribution in [2.24, 2.45) is 11.8 Å². The summed E-state index contributed by atoms with van der Waals surface area (Å²) in [6, 6.07) is 8.58. The lowest BCUT2D eigenvalue weighted by molar-refractivity contribution is -0.178. The smallest absolute Gasteiger partial charge is 0.185 e. The maximum absolute atomic E-state index is 11.5. The fraction of sp³-hybridized carbons (Fsp3) is 0.690. The number of hydrogen-bond acceptors (Lipinski definition) is 6. The Kier molecular flexibility index (Phi) is 12.2. The van der Waals surface area contributed by atoms with Crippen molar-refractivity contribution in [3.63, 3.8) is 0 Å². The molecule has 7 heteroatoms. The maximum Gasteiger partial charge on any atom is 0.185 e. The van der Waals surface area contributed by atoms with E-state index in [0.29, 0.717) is 18.4 Å². The molecule has 0 amide bonds. The van der Waals surface area contributed by atoms with Crippen LogP contribution in [0.4, 0.5) is 0 Å². The summed E-state index contributed by atoms with van der Waals surface area (Å²) < 4.78 is 24.4. The summed E-state index contributed by atoms with van der Waals surface area (Å²) in [6.45, 7) is 9.85. The zero-order valence-corrected chi connectivity index (χ0v) is 24.7. The third kappa shape index (κ3) is 10.4. The number of allylic oxidation sites excluding steroid dienone is 1. The summed E-state index contributed by atoms with van der Waals surface area (Å²) in [5.74, 6) is 1.74. The number of carbonyl (C=O) groups is 1. The van der Waals surface area contributed by atoms with Crippen LogP contribution < -0.4 is 0 Å². The van der Waals surface area contributed by atoms with Crippen LogP contribution in [0.15, 0.2) is 36.4 Å². The largest absolute Gasteiger partial charge is 0.414 e. The van der Waals surface area contributed by atoms with E-state index in [1.165, 1.54) is 22.9 Å². The first-order chi connectivity index (χ1) is 17.2. The van der Waals surface area contributed by atoms with Crippen molar-refractivity contribution in [1.29, 1.82) is 0 Å². The van der Waals surface area contributed by atoms with E-state index >= 15 is 0 Å². The summed E-state index contributed by atoms with van der Waals surface area (Å²) >= 11 is 1.44. The third-order valence-electron chi connectivity index (χ3n) is 6.85. The molecule has 1 heterocycles. The molecule has 1 unspecified atom stereocenters. The second-order valence-corrected chi connectivity index (χ2v) is 16.8. The van der Waals surface area contributed by atoms with Gasteiger partial charge in [-0.1, -0.05) is 48.2 Å². The topological polar surface area (TPSA) is 54.0 Å². The van der Waals surface area contributed by atoms with Crippen LogP contribution >= 0.6 is 11.8 Å². The van der Waals surface area contributed by atoms with Gasteiger partial charge in [0.1, 0.15) is 0 Å². The molecule has 1 aromatic carbocycles. The van der Waals surface area contributed by atoms with Gasteiger partial charge in [0.15, 0.2) is 19.7 Å². The fourth-order valence-electron chi connectivity index (χ4n) is 5.33. The summed E-state index contributed by atoms with van der Waals surface area (Å²) in [7, 11) is 0.0884. The van der Waals surface area contributed by atoms with Gasteiger partial charge in [-0.05, 0) is 81.1 Å². The zero-order valence-electron chi connectivity index (χ0n) is 22.9. The minimum absolute atomic E-state index is 0.0462. The van der Waals surface area contributed by atoms with Gasteiger partial charge >= 0.3 is 0 Å². The van der Waals surface area contributed by atoms with Crippen molar-refractivity contribution in [2.75, 3.05) is 19.5 Å². The first-order valence-electron chi connectivity index (χ1n) is 13.6. The summed E-state index contributed by atoms with van der Waals surface area (Å²) in [6.07, 6.45) is 12.0. The maximum atomic E-state index is 11.5. The SMILES string of the molecule is COCc1cccc(C[C@H](/C=C/[C@H]2CC[C@H](O[Si](C)(C)C)[C@@H]2CCSC(C)=O)OC2CCCCO2)c1. The Hall–Kier alpha value is -0.963. The predicted molar refractivity (Wildman–Crippen MR) is 151 cm³/mol. The average Bonchev–Trinajstić information content (AvgIpc) is 3.18. The lowest BCUT2D eigenvalue weighted by Gasteiger charge is -2.30. The van der Waals surface area contributed by atoms with Gasteiger partial charge < -0.3 is 18.6 Å². The molecule has 5 nitrogen and oxygen atoms in total. The highest BCUT2D eigenvalue weighted by atomic mass is 32.2. The number of methoxy groups -OCH3 is 1. The number of hydrogen-bond donors (Lipinski definition) is 0. The van der Waals surface area contributed by atoms with Crippen LogP contribution in [0.25, 0.3) is 0 Å². The van der Waals surface area contributed by atoms with Gasteiger partial charge in [-0.15, -0.1) is 0 Å². The first kappa shape index (κ1) is 29.6. The van der Waals surface area contributed by atoms with Gasteiger partial charge in [0.2, 0.25) is 0 Å². The molecule has 0 N–H and O–H groups in total. The average molecular weight is 535 g/mol. The van der Waals surface area contributed by atoms with Crippen molar-refractivity contribution in [3.05, 3.63) is 47.5 Å². The molecule has 0 bridgehead atoms. The van der Waals surface area contributed by atoms with Crippen LogP contribution in [0.1, 0.15) is 56.6 Å². The summed E-state index contributed by atoms with van der Waals surface area (Å²) in [5.41, 5.74) is 2.42. The Bertz CT molecular complexity index is 833. The van der Waals surface area contributed by atoms with E-state index in [1.807, 2.05) is 0 Å². The Labute approximate surface area is 223 Å². The molecule has 0 radical (unpaired) electrons. The van der Waals surface area contributed by atoms with E-state index in [0.717, 1.165) is 57.3 Å². The van der Waals surface area contributed by atoms with E-state index in [9.17, 15) is 4.79 Å². The lowest BCUT2D eigenvalue weighted by atomic mass is 9.91. The predicted octanol–water partition coefficient (Wildman–Crippen LogP) is 6.76. The van der Waals surface area contributed by atoms with Crippen LogP contribution in [0.2, 0.25) is 19.6 Å². The number of ether oxygens (including phenoxy) is 3. The molecule has 36 heavy (non-hydrogen) atoms. The number of thioether (sulfide) groups is 1. The second kappa shape index (κ2) is 14.8. The molecular formula is C29H46O5SSi. The highest BCUT2D eigenvalue weighted by molar-refractivity contribution is 8.13. The van der Waals surface area contributed by atoms with Crippen molar-refractivity contribution >= 4 is 25.2 Å². The minimum Gasteiger partial charge on any atom is -0.414 e. The van der Waals surface area contributed by atoms with Gasteiger partial charge in [-0.3, -0.25) is 4.79 Å². The van der Waals surface area contributed by atoms with Gasteiger partial charge in [-0.25, -0.2) is 0 Å². The molecule has 3 rings (SSSR count). The van der Waals surface area contributed by atoms with Crippen LogP contribution in [-0.2, 0) is 36.5 Å². The normalized spacial score (nSPS) is 25.9. The molecule has 0 spiro atoms. The Morgan fingerprint density at radius 2 is 2.00 bits per heavy atom. The lowest BCUT2D eigenvalue weighted by Crippen LogP contribution is -2.35. The van der Waals surface area contributed by atoms with Crippen LogP contribution in [-0.4, -0.2) is 51.4 Å². The highest BCUT2D eigenvalue weighted by Crippen LogP contribution is 2.39. The molecule has 0 aromatic heterocycles. The van der Waals surface area contributed by atoms with E-state index in [4.69, 9.17) is 18.6 Å². The van der Waals surface area contributed by atoms with Crippen molar-refractivity contribution in [1.82, 2.24) is 0 Å². The van der Waals surface area contributed by atoms with Crippen molar-refractivity contribution in [3.8, 4) is 0 Å². The van der Waals surface area contributed by atoms with Crippen LogP contribution in [0.5, 0.6) is 0 Å². The van der Waals surface area contributed by atoms with Gasteiger partial charge in [0.05, 0.1) is 12.7 Å². The molecule has 1 aliphatic heterocycles. The fourth-order valence-corrected chi connectivity index (χ4v) is 7.20. The summed E-state index contributed by atoms with van der Waals surface area (Å²) in [5, 5.41) is 0.194. The second-order valence-electron chi connectivity index (χ2n) is 11.1. The minimum atomic E-state index is -1.64. The quantitative estimate of drug-likeness (QED) is 0.206. The molecule has 202 valence electrons. The zero-order chi connectivity index (χ0) is 26.0. The van der Waals surface area contributed by atoms with Crippen LogP contribution in [0, 0.1) is 11.8 Å². The molecule has 2 fully saturated rings. The Morgan fingerprint density at radius 3 is 2.69 bits per heavy atom. The number of rotatable bonds is 13. The highest BCUT2D eigenvalue weighted by Gasteiger charge is 2.37. The van der Waals surface area contributed by atoms with E-state index in [-0.39, 0.29) is 23.6 Å². The van der Waals surface area contributed by atoms with Gasteiger partial charge in [0.25, 0.3) is 0 Å². The number of carbonyl (C=O) groups excluding carboxylic acids is 1. The standard InChI is InChI=1S/C29H46O5SSi/c1-22(30)35-18-16-27-25(13-15-28(27)34-36(3,4)5)12-14-26(33-29-11-6-7-17-32-29)20-23-9-8-10-24(19-23)21-31-2/h8-10,12,14,19,25-29H,6-7,11,13,15-18,20-21H2,1-5H3/b14-12+/t25-,26-,27+,28-,29?/m0/s1. The Balaban J connectivity index is 1.73.